The van der Waals surface area contributed by atoms with E-state index in [4.69, 9.17) is 0 Å². The second kappa shape index (κ2) is 4.31. The van der Waals surface area contributed by atoms with E-state index in [0.29, 0.717) is 10.8 Å². The molecule has 0 aliphatic heterocycles. The SMILES string of the molecule is OC(c1cccc2cc(Br)ccc12)C(F)(F)F. The Morgan fingerprint density at radius 1 is 1.12 bits per heavy atom. The first-order valence-electron chi connectivity index (χ1n) is 4.82. The molecular formula is C12H8BrF3O. The molecule has 0 radical (unpaired) electrons. The molecule has 1 atom stereocenters. The average molecular weight is 305 g/mol. The summed E-state index contributed by atoms with van der Waals surface area (Å²) in [4.78, 5) is 0. The number of fused-ring (bicyclic) bond motifs is 1. The molecule has 2 aromatic rings. The highest BCUT2D eigenvalue weighted by molar-refractivity contribution is 9.10. The van der Waals surface area contributed by atoms with Gasteiger partial charge in [0, 0.05) is 4.47 Å². The number of alkyl halides is 3. The maximum Gasteiger partial charge on any atom is 0.418 e. The predicted molar refractivity (Wildman–Crippen MR) is 62.7 cm³/mol. The molecule has 1 N–H and O–H groups in total. The van der Waals surface area contributed by atoms with Gasteiger partial charge in [0.2, 0.25) is 0 Å². The standard InChI is InChI=1S/C12H8BrF3O/c13-8-4-5-9-7(6-8)2-1-3-10(9)11(17)12(14,15)16/h1-6,11,17H. The summed E-state index contributed by atoms with van der Waals surface area (Å²) in [6.45, 7) is 0. The Hall–Kier alpha value is -1.07. The summed E-state index contributed by atoms with van der Waals surface area (Å²) in [5, 5.41) is 10.3. The molecule has 2 rings (SSSR count). The van der Waals surface area contributed by atoms with Gasteiger partial charge in [-0.25, -0.2) is 0 Å². The number of hydrogen-bond donors (Lipinski definition) is 1. The van der Waals surface area contributed by atoms with Gasteiger partial charge in [-0.15, -0.1) is 0 Å². The second-order valence-electron chi connectivity index (χ2n) is 3.66. The molecule has 0 saturated heterocycles. The van der Waals surface area contributed by atoms with E-state index in [-0.39, 0.29) is 5.56 Å². The van der Waals surface area contributed by atoms with Crippen molar-refractivity contribution in [2.45, 2.75) is 12.3 Å². The van der Waals surface area contributed by atoms with Crippen LogP contribution in [-0.2, 0) is 0 Å². The molecule has 0 aliphatic carbocycles. The molecule has 0 amide bonds. The van der Waals surface area contributed by atoms with E-state index in [1.165, 1.54) is 12.1 Å². The molecular weight excluding hydrogens is 297 g/mol. The van der Waals surface area contributed by atoms with Crippen LogP contribution in [0.25, 0.3) is 10.8 Å². The molecule has 5 heteroatoms. The summed E-state index contributed by atoms with van der Waals surface area (Å²) < 4.78 is 38.2. The van der Waals surface area contributed by atoms with Gasteiger partial charge in [-0.05, 0) is 28.5 Å². The first-order valence-corrected chi connectivity index (χ1v) is 5.62. The lowest BCUT2D eigenvalue weighted by atomic mass is 10.0. The minimum absolute atomic E-state index is 0.123. The van der Waals surface area contributed by atoms with Crippen LogP contribution < -0.4 is 0 Å². The third-order valence-electron chi connectivity index (χ3n) is 2.48. The van der Waals surface area contributed by atoms with E-state index in [9.17, 15) is 18.3 Å². The van der Waals surface area contributed by atoms with E-state index in [1.54, 1.807) is 24.3 Å². The van der Waals surface area contributed by atoms with Gasteiger partial charge in [0.1, 0.15) is 0 Å². The predicted octanol–water partition coefficient (Wildman–Crippen LogP) is 4.20. The first kappa shape index (κ1) is 12.4. The lowest BCUT2D eigenvalue weighted by Crippen LogP contribution is -2.20. The Labute approximate surface area is 104 Å². The van der Waals surface area contributed by atoms with Crippen molar-refractivity contribution < 1.29 is 18.3 Å². The molecule has 0 spiro atoms. The fourth-order valence-electron chi connectivity index (χ4n) is 1.69. The van der Waals surface area contributed by atoms with Crippen molar-refractivity contribution >= 4 is 26.7 Å². The number of rotatable bonds is 1. The monoisotopic (exact) mass is 304 g/mol. The van der Waals surface area contributed by atoms with Gasteiger partial charge in [-0.3, -0.25) is 0 Å². The smallest absolute Gasteiger partial charge is 0.379 e. The first-order chi connectivity index (χ1) is 7.89. The minimum atomic E-state index is -4.65. The quantitative estimate of drug-likeness (QED) is 0.837. The fraction of sp³-hybridized carbons (Fsp3) is 0.167. The topological polar surface area (TPSA) is 20.2 Å². The van der Waals surface area contributed by atoms with Crippen LogP contribution in [0.1, 0.15) is 11.7 Å². The van der Waals surface area contributed by atoms with Crippen LogP contribution in [0.2, 0.25) is 0 Å². The third-order valence-corrected chi connectivity index (χ3v) is 2.97. The van der Waals surface area contributed by atoms with Gasteiger partial charge in [0.25, 0.3) is 0 Å². The molecule has 0 heterocycles. The number of benzene rings is 2. The maximum atomic E-state index is 12.5. The number of hydrogen-bond acceptors (Lipinski definition) is 1. The Kier molecular flexibility index (Phi) is 3.14. The molecule has 0 bridgehead atoms. The van der Waals surface area contributed by atoms with Gasteiger partial charge < -0.3 is 5.11 Å². The Bertz CT molecular complexity index is 551. The third kappa shape index (κ3) is 2.45. The van der Waals surface area contributed by atoms with Gasteiger partial charge >= 0.3 is 6.18 Å². The molecule has 1 unspecified atom stereocenters. The summed E-state index contributed by atoms with van der Waals surface area (Å²) >= 11 is 3.25. The van der Waals surface area contributed by atoms with Crippen molar-refractivity contribution in [3.8, 4) is 0 Å². The molecule has 0 saturated carbocycles. The Morgan fingerprint density at radius 3 is 2.47 bits per heavy atom. The lowest BCUT2D eigenvalue weighted by molar-refractivity contribution is -0.206. The fourth-order valence-corrected chi connectivity index (χ4v) is 2.07. The molecule has 0 fully saturated rings. The molecule has 0 aromatic heterocycles. The normalized spacial score (nSPS) is 13.9. The van der Waals surface area contributed by atoms with Crippen LogP contribution in [0, 0.1) is 0 Å². The number of aliphatic hydroxyl groups excluding tert-OH is 1. The van der Waals surface area contributed by atoms with Crippen LogP contribution in [0.3, 0.4) is 0 Å². The van der Waals surface area contributed by atoms with Gasteiger partial charge in [-0.1, -0.05) is 40.2 Å². The van der Waals surface area contributed by atoms with Crippen molar-refractivity contribution in [1.82, 2.24) is 0 Å². The second-order valence-corrected chi connectivity index (χ2v) is 4.57. The summed E-state index contributed by atoms with van der Waals surface area (Å²) in [6.07, 6.45) is -7.10. The van der Waals surface area contributed by atoms with E-state index < -0.39 is 12.3 Å². The highest BCUT2D eigenvalue weighted by atomic mass is 79.9. The lowest BCUT2D eigenvalue weighted by Gasteiger charge is -2.16. The summed E-state index contributed by atoms with van der Waals surface area (Å²) in [6, 6.07) is 9.40. The van der Waals surface area contributed by atoms with Gasteiger partial charge in [0.15, 0.2) is 6.10 Å². The summed E-state index contributed by atoms with van der Waals surface area (Å²) in [7, 11) is 0. The zero-order valence-electron chi connectivity index (χ0n) is 8.50. The van der Waals surface area contributed by atoms with E-state index >= 15 is 0 Å². The summed E-state index contributed by atoms with van der Waals surface area (Å²) in [5.74, 6) is 0. The van der Waals surface area contributed by atoms with E-state index in [1.807, 2.05) is 0 Å². The number of aliphatic hydroxyl groups is 1. The van der Waals surface area contributed by atoms with Gasteiger partial charge in [0.05, 0.1) is 0 Å². The highest BCUT2D eigenvalue weighted by Crippen LogP contribution is 2.36. The molecule has 90 valence electrons. The molecule has 2 aromatic carbocycles. The highest BCUT2D eigenvalue weighted by Gasteiger charge is 2.39. The van der Waals surface area contributed by atoms with Crippen molar-refractivity contribution in [1.29, 1.82) is 0 Å². The zero-order chi connectivity index (χ0) is 12.6. The van der Waals surface area contributed by atoms with Crippen molar-refractivity contribution in [2.24, 2.45) is 0 Å². The van der Waals surface area contributed by atoms with Crippen LogP contribution in [0.15, 0.2) is 40.9 Å². The van der Waals surface area contributed by atoms with Crippen LogP contribution >= 0.6 is 15.9 Å². The van der Waals surface area contributed by atoms with Crippen molar-refractivity contribution in [2.75, 3.05) is 0 Å². The van der Waals surface area contributed by atoms with Gasteiger partial charge in [-0.2, -0.15) is 13.2 Å². The molecule has 0 aliphatic rings. The van der Waals surface area contributed by atoms with Crippen molar-refractivity contribution in [3.63, 3.8) is 0 Å². The Balaban J connectivity index is 2.63. The maximum absolute atomic E-state index is 12.5. The van der Waals surface area contributed by atoms with E-state index in [0.717, 1.165) is 4.47 Å². The minimum Gasteiger partial charge on any atom is -0.379 e. The van der Waals surface area contributed by atoms with Crippen LogP contribution in [-0.4, -0.2) is 11.3 Å². The number of halogens is 4. The van der Waals surface area contributed by atoms with Crippen LogP contribution in [0.5, 0.6) is 0 Å². The zero-order valence-corrected chi connectivity index (χ0v) is 10.1. The average Bonchev–Trinajstić information content (AvgIpc) is 2.25. The van der Waals surface area contributed by atoms with Crippen molar-refractivity contribution in [3.05, 3.63) is 46.4 Å². The van der Waals surface area contributed by atoms with Crippen LogP contribution in [0.4, 0.5) is 13.2 Å². The van der Waals surface area contributed by atoms with E-state index in [2.05, 4.69) is 15.9 Å². The molecule has 1 nitrogen and oxygen atoms in total. The Morgan fingerprint density at radius 2 is 1.82 bits per heavy atom. The molecule has 17 heavy (non-hydrogen) atoms. The summed E-state index contributed by atoms with van der Waals surface area (Å²) in [5.41, 5.74) is -0.123. The largest absolute Gasteiger partial charge is 0.418 e.